The molecular formula is C20H22N2O3. The summed E-state index contributed by atoms with van der Waals surface area (Å²) >= 11 is 0. The SMILES string of the molecule is CC=C1CN2CCC34C(=C(C=O)C1CC23)Nc1c4ccc(OC)c1O. The number of phenols is 1. The van der Waals surface area contributed by atoms with Crippen LogP contribution in [0.3, 0.4) is 0 Å². The maximum Gasteiger partial charge on any atom is 0.182 e. The fourth-order valence-corrected chi connectivity index (χ4v) is 5.69. The van der Waals surface area contributed by atoms with Gasteiger partial charge in [0.05, 0.1) is 18.2 Å². The molecule has 0 radical (unpaired) electrons. The van der Waals surface area contributed by atoms with Crippen molar-refractivity contribution in [2.75, 3.05) is 25.5 Å². The third kappa shape index (κ3) is 1.60. The summed E-state index contributed by atoms with van der Waals surface area (Å²) in [6.07, 6.45) is 5.15. The van der Waals surface area contributed by atoms with Crippen LogP contribution in [0.15, 0.2) is 35.1 Å². The van der Waals surface area contributed by atoms with Gasteiger partial charge in [0, 0.05) is 36.3 Å². The van der Waals surface area contributed by atoms with Gasteiger partial charge in [-0.3, -0.25) is 9.69 Å². The molecule has 2 fully saturated rings. The summed E-state index contributed by atoms with van der Waals surface area (Å²) in [7, 11) is 1.56. The van der Waals surface area contributed by atoms with Gasteiger partial charge in [0.25, 0.3) is 0 Å². The molecule has 3 heterocycles. The number of aromatic hydroxyl groups is 1. The molecule has 2 N–H and O–H groups in total. The third-order valence-corrected chi connectivity index (χ3v) is 6.79. The Morgan fingerprint density at radius 1 is 1.44 bits per heavy atom. The maximum absolute atomic E-state index is 12.1. The van der Waals surface area contributed by atoms with Crippen LogP contribution in [-0.2, 0) is 10.2 Å². The molecule has 1 aliphatic carbocycles. The summed E-state index contributed by atoms with van der Waals surface area (Å²) in [4.78, 5) is 14.6. The number of anilines is 1. The number of methoxy groups -OCH3 is 1. The molecule has 1 aromatic carbocycles. The molecule has 3 atom stereocenters. The first-order valence-corrected chi connectivity index (χ1v) is 8.92. The number of phenolic OH excluding ortho intramolecular Hbond substituents is 1. The third-order valence-electron chi connectivity index (χ3n) is 6.79. The highest BCUT2D eigenvalue weighted by Crippen LogP contribution is 2.62. The van der Waals surface area contributed by atoms with E-state index in [9.17, 15) is 9.90 Å². The molecule has 0 amide bonds. The Morgan fingerprint density at radius 2 is 2.28 bits per heavy atom. The van der Waals surface area contributed by atoms with Crippen molar-refractivity contribution in [2.24, 2.45) is 5.92 Å². The highest BCUT2D eigenvalue weighted by molar-refractivity contribution is 5.87. The molecule has 0 saturated carbocycles. The zero-order valence-corrected chi connectivity index (χ0v) is 14.5. The Bertz CT molecular complexity index is 857. The molecule has 1 spiro atoms. The molecule has 5 nitrogen and oxygen atoms in total. The molecule has 3 aliphatic heterocycles. The van der Waals surface area contributed by atoms with E-state index in [0.29, 0.717) is 17.5 Å². The van der Waals surface area contributed by atoms with Crippen LogP contribution in [0.1, 0.15) is 25.3 Å². The molecule has 1 aromatic rings. The normalized spacial score (nSPS) is 33.9. The predicted molar refractivity (Wildman–Crippen MR) is 94.9 cm³/mol. The van der Waals surface area contributed by atoms with Crippen LogP contribution in [-0.4, -0.2) is 42.5 Å². The average Bonchev–Trinajstić information content (AvgIpc) is 3.19. The summed E-state index contributed by atoms with van der Waals surface area (Å²) in [5, 5.41) is 14.1. The molecule has 5 rings (SSSR count). The average molecular weight is 338 g/mol. The molecule has 2 bridgehead atoms. The number of rotatable bonds is 2. The van der Waals surface area contributed by atoms with Crippen molar-refractivity contribution in [3.63, 3.8) is 0 Å². The predicted octanol–water partition coefficient (Wildman–Crippen LogP) is 2.57. The van der Waals surface area contributed by atoms with Crippen LogP contribution in [0, 0.1) is 5.92 Å². The van der Waals surface area contributed by atoms with Gasteiger partial charge >= 0.3 is 0 Å². The fraction of sp³-hybridized carbons (Fsp3) is 0.450. The van der Waals surface area contributed by atoms with E-state index in [1.54, 1.807) is 7.11 Å². The van der Waals surface area contributed by atoms with Crippen LogP contribution in [0.2, 0.25) is 0 Å². The van der Waals surface area contributed by atoms with Gasteiger partial charge in [-0.25, -0.2) is 0 Å². The van der Waals surface area contributed by atoms with Crippen LogP contribution in [0.4, 0.5) is 5.69 Å². The summed E-state index contributed by atoms with van der Waals surface area (Å²) < 4.78 is 5.28. The van der Waals surface area contributed by atoms with Gasteiger partial charge in [0.1, 0.15) is 6.29 Å². The lowest BCUT2D eigenvalue weighted by Gasteiger charge is -2.48. The van der Waals surface area contributed by atoms with E-state index in [1.807, 2.05) is 6.07 Å². The number of piperidine rings is 1. The highest BCUT2D eigenvalue weighted by Gasteiger charge is 2.61. The number of fused-ring (bicyclic) bond motifs is 2. The Kier molecular flexibility index (Phi) is 2.93. The maximum atomic E-state index is 12.1. The van der Waals surface area contributed by atoms with Crippen LogP contribution < -0.4 is 10.1 Å². The Labute approximate surface area is 147 Å². The standard InChI is InChI=1S/C20H22N2O3/c1-3-11-9-22-7-6-20-14-4-5-15(25-2)18(24)17(14)21-19(20)13(10-23)12(11)8-16(20)22/h3-5,10,12,16,21,24H,6-9H2,1-2H3. The second-order valence-corrected chi connectivity index (χ2v) is 7.47. The first kappa shape index (κ1) is 15.0. The van der Waals surface area contributed by atoms with E-state index in [0.717, 1.165) is 49.1 Å². The van der Waals surface area contributed by atoms with Crippen LogP contribution in [0.5, 0.6) is 11.5 Å². The van der Waals surface area contributed by atoms with E-state index in [-0.39, 0.29) is 17.1 Å². The molecular weight excluding hydrogens is 316 g/mol. The lowest BCUT2D eigenvalue weighted by atomic mass is 9.62. The summed E-state index contributed by atoms with van der Waals surface area (Å²) in [6.45, 7) is 4.02. The Morgan fingerprint density at radius 3 is 3.00 bits per heavy atom. The number of nitrogens with zero attached hydrogens (tertiary/aromatic N) is 1. The van der Waals surface area contributed by atoms with Crippen molar-refractivity contribution >= 4 is 12.0 Å². The molecule has 5 heteroatoms. The molecule has 3 unspecified atom stereocenters. The van der Waals surface area contributed by atoms with Gasteiger partial charge in [-0.1, -0.05) is 17.7 Å². The van der Waals surface area contributed by atoms with Gasteiger partial charge < -0.3 is 15.2 Å². The number of hydrogen-bond acceptors (Lipinski definition) is 5. The zero-order valence-electron chi connectivity index (χ0n) is 14.5. The van der Waals surface area contributed by atoms with Crippen molar-refractivity contribution in [1.82, 2.24) is 4.90 Å². The van der Waals surface area contributed by atoms with E-state index in [4.69, 9.17) is 4.74 Å². The van der Waals surface area contributed by atoms with Crippen molar-refractivity contribution in [3.05, 3.63) is 40.6 Å². The van der Waals surface area contributed by atoms with E-state index >= 15 is 0 Å². The monoisotopic (exact) mass is 338 g/mol. The van der Waals surface area contributed by atoms with Crippen LogP contribution in [0.25, 0.3) is 0 Å². The first-order valence-electron chi connectivity index (χ1n) is 8.92. The second-order valence-electron chi connectivity index (χ2n) is 7.47. The van der Waals surface area contributed by atoms with Crippen molar-refractivity contribution in [1.29, 1.82) is 0 Å². The minimum Gasteiger partial charge on any atom is -0.503 e. The fourth-order valence-electron chi connectivity index (χ4n) is 5.69. The smallest absolute Gasteiger partial charge is 0.182 e. The minimum atomic E-state index is -0.203. The second kappa shape index (κ2) is 4.88. The lowest BCUT2D eigenvalue weighted by Crippen LogP contribution is -2.52. The van der Waals surface area contributed by atoms with Crippen molar-refractivity contribution < 1.29 is 14.6 Å². The van der Waals surface area contributed by atoms with Gasteiger partial charge in [-0.05, 0) is 31.4 Å². The van der Waals surface area contributed by atoms with Crippen LogP contribution >= 0.6 is 0 Å². The molecule has 130 valence electrons. The Hall–Kier alpha value is -2.27. The lowest BCUT2D eigenvalue weighted by molar-refractivity contribution is -0.105. The first-order chi connectivity index (χ1) is 12.2. The number of carbonyl (C=O) groups excluding carboxylic acids is 1. The largest absolute Gasteiger partial charge is 0.503 e. The minimum absolute atomic E-state index is 0.140. The number of ether oxygens (including phenoxy) is 1. The summed E-state index contributed by atoms with van der Waals surface area (Å²) in [5.74, 6) is 0.790. The highest BCUT2D eigenvalue weighted by atomic mass is 16.5. The molecule has 0 aromatic heterocycles. The summed E-state index contributed by atoms with van der Waals surface area (Å²) in [6, 6.07) is 4.27. The van der Waals surface area contributed by atoms with Gasteiger partial charge in [-0.15, -0.1) is 0 Å². The van der Waals surface area contributed by atoms with E-state index in [2.05, 4.69) is 29.3 Å². The number of aldehydes is 1. The van der Waals surface area contributed by atoms with Gasteiger partial charge in [0.2, 0.25) is 0 Å². The number of nitrogens with one attached hydrogen (secondary N) is 1. The topological polar surface area (TPSA) is 61.8 Å². The number of hydrogen-bond donors (Lipinski definition) is 2. The molecule has 4 aliphatic rings. The van der Waals surface area contributed by atoms with Gasteiger partial charge in [0.15, 0.2) is 11.5 Å². The number of allylic oxidation sites excluding steroid dienone is 2. The Balaban J connectivity index is 1.80. The zero-order chi connectivity index (χ0) is 17.3. The molecule has 25 heavy (non-hydrogen) atoms. The molecule has 2 saturated heterocycles. The van der Waals surface area contributed by atoms with Crippen molar-refractivity contribution in [3.8, 4) is 11.5 Å². The van der Waals surface area contributed by atoms with Gasteiger partial charge in [-0.2, -0.15) is 0 Å². The quantitative estimate of drug-likeness (QED) is 0.493. The van der Waals surface area contributed by atoms with E-state index in [1.165, 1.54) is 5.57 Å². The number of benzene rings is 1. The van der Waals surface area contributed by atoms with E-state index < -0.39 is 0 Å². The number of carbonyl (C=O) groups is 1. The van der Waals surface area contributed by atoms with Crippen molar-refractivity contribution in [2.45, 2.75) is 31.2 Å². The summed E-state index contributed by atoms with van der Waals surface area (Å²) in [5.41, 5.74) is 4.82.